The minimum absolute atomic E-state index is 0.244. The van der Waals surface area contributed by atoms with Gasteiger partial charge in [-0.3, -0.25) is 0 Å². The fourth-order valence-corrected chi connectivity index (χ4v) is 4.42. The van der Waals surface area contributed by atoms with Crippen molar-refractivity contribution in [1.82, 2.24) is 9.97 Å². The number of unbranched alkanes of at least 4 members (excludes halogenated alkanes) is 4. The number of carbonyl (C=O) groups is 1. The molecule has 0 amide bonds. The van der Waals surface area contributed by atoms with Crippen molar-refractivity contribution in [2.24, 2.45) is 0 Å². The van der Waals surface area contributed by atoms with Crippen molar-refractivity contribution < 1.29 is 28.2 Å². The molecule has 2 aromatic carbocycles. The van der Waals surface area contributed by atoms with Gasteiger partial charge in [0.2, 0.25) is 0 Å². The molecule has 0 saturated carbocycles. The summed E-state index contributed by atoms with van der Waals surface area (Å²) in [4.78, 5) is 19.9. The van der Waals surface area contributed by atoms with Crippen LogP contribution in [0.2, 0.25) is 0 Å². The Morgan fingerprint density at radius 2 is 1.86 bits per heavy atom. The van der Waals surface area contributed by atoms with Gasteiger partial charge in [0.05, 0.1) is 19.7 Å². The molecule has 0 saturated heterocycles. The van der Waals surface area contributed by atoms with Crippen molar-refractivity contribution in [3.63, 3.8) is 0 Å². The molecule has 2 N–H and O–H groups in total. The van der Waals surface area contributed by atoms with Crippen LogP contribution in [0.25, 0.3) is 10.9 Å². The first kappa shape index (κ1) is 28.2. The average molecular weight is 516 g/mol. The Labute approximate surface area is 216 Å². The molecule has 1 heterocycles. The number of ether oxygens (including phenoxy) is 2. The van der Waals surface area contributed by atoms with Crippen LogP contribution in [0.4, 0.5) is 14.6 Å². The number of hydrogen-bond donors (Lipinski definition) is 2. The SMILES string of the molecule is COc1cc2c(NC(C)c3cccc(C(F)(F)CO)c3)nc(C)nc2c(CCCCCCC=O)c1OC. The quantitative estimate of drug-likeness (QED) is 0.204. The molecule has 0 fully saturated rings. The zero-order valence-electron chi connectivity index (χ0n) is 21.8. The fourth-order valence-electron chi connectivity index (χ4n) is 4.42. The number of anilines is 1. The number of nitrogens with one attached hydrogen (secondary N) is 1. The van der Waals surface area contributed by atoms with E-state index in [9.17, 15) is 13.6 Å². The van der Waals surface area contributed by atoms with Gasteiger partial charge >= 0.3 is 0 Å². The summed E-state index contributed by atoms with van der Waals surface area (Å²) < 4.78 is 39.5. The Hall–Kier alpha value is -3.33. The molecule has 0 aliphatic carbocycles. The van der Waals surface area contributed by atoms with E-state index in [1.165, 1.54) is 12.1 Å². The molecule has 1 aromatic heterocycles. The van der Waals surface area contributed by atoms with Crippen molar-refractivity contribution in [3.8, 4) is 11.5 Å². The second-order valence-electron chi connectivity index (χ2n) is 9.08. The topological polar surface area (TPSA) is 93.6 Å². The van der Waals surface area contributed by atoms with Gasteiger partial charge in [-0.1, -0.05) is 31.0 Å². The molecule has 1 atom stereocenters. The van der Waals surface area contributed by atoms with E-state index in [1.807, 2.05) is 13.0 Å². The number of rotatable bonds is 14. The third kappa shape index (κ3) is 6.71. The number of aliphatic hydroxyl groups is 1. The molecule has 37 heavy (non-hydrogen) atoms. The highest BCUT2D eigenvalue weighted by molar-refractivity contribution is 5.94. The molecule has 7 nitrogen and oxygen atoms in total. The minimum atomic E-state index is -3.32. The molecule has 0 aliphatic rings. The predicted octanol–water partition coefficient (Wildman–Crippen LogP) is 5.90. The number of alkyl halides is 2. The minimum Gasteiger partial charge on any atom is -0.493 e. The maximum absolute atomic E-state index is 14.1. The van der Waals surface area contributed by atoms with Crippen LogP contribution in [0.15, 0.2) is 30.3 Å². The largest absolute Gasteiger partial charge is 0.493 e. The summed E-state index contributed by atoms with van der Waals surface area (Å²) >= 11 is 0. The summed E-state index contributed by atoms with van der Waals surface area (Å²) in [5.74, 6) is -1.03. The highest BCUT2D eigenvalue weighted by Gasteiger charge is 2.31. The molecule has 9 heteroatoms. The number of benzene rings is 2. The Balaban J connectivity index is 1.99. The van der Waals surface area contributed by atoms with Gasteiger partial charge in [0.25, 0.3) is 5.92 Å². The maximum atomic E-state index is 14.1. The number of halogens is 2. The van der Waals surface area contributed by atoms with Crippen LogP contribution in [0.1, 0.15) is 67.6 Å². The van der Waals surface area contributed by atoms with Gasteiger partial charge in [0, 0.05) is 29.0 Å². The number of carbonyl (C=O) groups excluding carboxylic acids is 1. The van der Waals surface area contributed by atoms with Crippen LogP contribution >= 0.6 is 0 Å². The summed E-state index contributed by atoms with van der Waals surface area (Å²) in [6.07, 6.45) is 5.94. The van der Waals surface area contributed by atoms with E-state index in [0.717, 1.165) is 48.4 Å². The Bertz CT molecular complexity index is 1220. The first-order valence-corrected chi connectivity index (χ1v) is 12.5. The third-order valence-electron chi connectivity index (χ3n) is 6.40. The number of hydrogen-bond acceptors (Lipinski definition) is 7. The predicted molar refractivity (Wildman–Crippen MR) is 140 cm³/mol. The van der Waals surface area contributed by atoms with Crippen molar-refractivity contribution in [2.45, 2.75) is 64.3 Å². The first-order chi connectivity index (χ1) is 17.7. The lowest BCUT2D eigenvalue weighted by Crippen LogP contribution is -2.19. The Morgan fingerprint density at radius 3 is 2.54 bits per heavy atom. The molecular formula is C28H35F2N3O4. The van der Waals surface area contributed by atoms with E-state index in [2.05, 4.69) is 10.3 Å². The summed E-state index contributed by atoms with van der Waals surface area (Å²) in [6.45, 7) is 2.41. The second kappa shape index (κ2) is 12.8. The number of fused-ring (bicyclic) bond motifs is 1. The van der Waals surface area contributed by atoms with E-state index in [-0.39, 0.29) is 11.6 Å². The lowest BCUT2D eigenvalue weighted by Gasteiger charge is -2.21. The first-order valence-electron chi connectivity index (χ1n) is 12.5. The second-order valence-corrected chi connectivity index (χ2v) is 9.08. The van der Waals surface area contributed by atoms with E-state index in [4.69, 9.17) is 19.6 Å². The van der Waals surface area contributed by atoms with E-state index < -0.39 is 12.5 Å². The molecule has 0 radical (unpaired) electrons. The van der Waals surface area contributed by atoms with E-state index >= 15 is 0 Å². The van der Waals surface area contributed by atoms with Crippen molar-refractivity contribution in [1.29, 1.82) is 0 Å². The van der Waals surface area contributed by atoms with Crippen LogP contribution in [0.3, 0.4) is 0 Å². The number of methoxy groups -OCH3 is 2. The molecule has 200 valence electrons. The fraction of sp³-hybridized carbons (Fsp3) is 0.464. The zero-order valence-corrected chi connectivity index (χ0v) is 21.8. The van der Waals surface area contributed by atoms with E-state index in [0.29, 0.717) is 41.5 Å². The van der Waals surface area contributed by atoms with Crippen LogP contribution in [-0.4, -0.2) is 42.2 Å². The standard InChI is InChI=1S/C28H35F2N3O4/c1-18(20-11-10-12-21(15-20)28(29,30)17-35)31-27-23-16-24(36-3)26(37-4)22(25(23)32-19(2)33-27)13-8-6-5-7-9-14-34/h10-12,14-16,18,35H,5-9,13,17H2,1-4H3,(H,31,32,33). The molecular weight excluding hydrogens is 480 g/mol. The normalized spacial score (nSPS) is 12.4. The molecule has 0 bridgehead atoms. The number of nitrogens with zero attached hydrogens (tertiary/aromatic N) is 2. The third-order valence-corrected chi connectivity index (χ3v) is 6.40. The highest BCUT2D eigenvalue weighted by Crippen LogP contribution is 2.40. The Kier molecular flexibility index (Phi) is 9.74. The van der Waals surface area contributed by atoms with Crippen LogP contribution in [0.5, 0.6) is 11.5 Å². The lowest BCUT2D eigenvalue weighted by atomic mass is 9.99. The number of aromatic nitrogens is 2. The number of aldehydes is 1. The van der Waals surface area contributed by atoms with Gasteiger partial charge in [-0.25, -0.2) is 9.97 Å². The number of aliphatic hydroxyl groups excluding tert-OH is 1. The molecule has 0 aliphatic heterocycles. The molecule has 1 unspecified atom stereocenters. The zero-order chi connectivity index (χ0) is 27.0. The van der Waals surface area contributed by atoms with Crippen LogP contribution < -0.4 is 14.8 Å². The van der Waals surface area contributed by atoms with Gasteiger partial charge < -0.3 is 24.7 Å². The lowest BCUT2D eigenvalue weighted by molar-refractivity contribution is -0.107. The average Bonchev–Trinajstić information content (AvgIpc) is 2.90. The number of aryl methyl sites for hydroxylation is 2. The van der Waals surface area contributed by atoms with Gasteiger partial charge in [-0.2, -0.15) is 8.78 Å². The molecule has 3 rings (SSSR count). The Morgan fingerprint density at radius 1 is 1.11 bits per heavy atom. The van der Waals surface area contributed by atoms with Crippen LogP contribution in [-0.2, 0) is 17.1 Å². The molecule has 3 aromatic rings. The molecule has 0 spiro atoms. The summed E-state index contributed by atoms with van der Waals surface area (Å²) in [7, 11) is 3.17. The summed E-state index contributed by atoms with van der Waals surface area (Å²) in [5, 5.41) is 13.2. The summed E-state index contributed by atoms with van der Waals surface area (Å²) in [5.41, 5.74) is 2.05. The summed E-state index contributed by atoms with van der Waals surface area (Å²) in [6, 6.07) is 7.47. The maximum Gasteiger partial charge on any atom is 0.295 e. The van der Waals surface area contributed by atoms with Crippen LogP contribution in [0, 0.1) is 6.92 Å². The van der Waals surface area contributed by atoms with Gasteiger partial charge in [0.15, 0.2) is 11.5 Å². The highest BCUT2D eigenvalue weighted by atomic mass is 19.3. The van der Waals surface area contributed by atoms with Crippen molar-refractivity contribution in [2.75, 3.05) is 26.1 Å². The van der Waals surface area contributed by atoms with E-state index in [1.54, 1.807) is 33.3 Å². The van der Waals surface area contributed by atoms with Gasteiger partial charge in [-0.15, -0.1) is 0 Å². The van der Waals surface area contributed by atoms with Crippen molar-refractivity contribution in [3.05, 3.63) is 52.8 Å². The van der Waals surface area contributed by atoms with Crippen molar-refractivity contribution >= 4 is 23.0 Å². The monoisotopic (exact) mass is 515 g/mol. The van der Waals surface area contributed by atoms with Gasteiger partial charge in [0.1, 0.15) is 24.5 Å². The van der Waals surface area contributed by atoms with Gasteiger partial charge in [-0.05, 0) is 50.8 Å². The smallest absolute Gasteiger partial charge is 0.295 e.